The summed E-state index contributed by atoms with van der Waals surface area (Å²) in [5.41, 5.74) is 1.21. The van der Waals surface area contributed by atoms with E-state index in [0.29, 0.717) is 12.6 Å². The molecule has 1 aromatic heterocycles. The summed E-state index contributed by atoms with van der Waals surface area (Å²) in [6.45, 7) is 5.59. The Morgan fingerprint density at radius 1 is 1.39 bits per heavy atom. The molecule has 4 heteroatoms. The van der Waals surface area contributed by atoms with Crippen molar-refractivity contribution in [2.24, 2.45) is 0 Å². The van der Waals surface area contributed by atoms with E-state index in [1.165, 1.54) is 5.56 Å². The van der Waals surface area contributed by atoms with Gasteiger partial charge in [0, 0.05) is 12.1 Å². The predicted octanol–water partition coefficient (Wildman–Crippen LogP) is 2.92. The lowest BCUT2D eigenvalue weighted by Gasteiger charge is -2.13. The number of aromatic nitrogens is 1. The molecule has 96 valence electrons. The Morgan fingerprint density at radius 2 is 2.28 bits per heavy atom. The molecule has 1 aromatic carbocycles. The van der Waals surface area contributed by atoms with Crippen LogP contribution in [-0.2, 0) is 6.61 Å². The highest BCUT2D eigenvalue weighted by molar-refractivity contribution is 5.30. The third kappa shape index (κ3) is 3.34. The van der Waals surface area contributed by atoms with Crippen LogP contribution < -0.4 is 10.1 Å². The van der Waals surface area contributed by atoms with E-state index >= 15 is 0 Å². The first-order valence-electron chi connectivity index (χ1n) is 6.15. The zero-order valence-electron chi connectivity index (χ0n) is 10.7. The van der Waals surface area contributed by atoms with Crippen molar-refractivity contribution in [3.63, 3.8) is 0 Å². The van der Waals surface area contributed by atoms with Crippen molar-refractivity contribution in [2.45, 2.75) is 26.5 Å². The number of rotatable bonds is 6. The Labute approximate surface area is 107 Å². The molecule has 2 rings (SSSR count). The van der Waals surface area contributed by atoms with Crippen molar-refractivity contribution in [2.75, 3.05) is 6.54 Å². The third-order valence-corrected chi connectivity index (χ3v) is 2.74. The molecule has 0 saturated carbocycles. The lowest BCUT2D eigenvalue weighted by molar-refractivity contribution is 0.249. The number of nitrogens with zero attached hydrogens (tertiary/aromatic N) is 1. The lowest BCUT2D eigenvalue weighted by atomic mass is 10.1. The molecule has 1 atom stereocenters. The summed E-state index contributed by atoms with van der Waals surface area (Å²) in [4.78, 5) is 0. The van der Waals surface area contributed by atoms with Crippen molar-refractivity contribution >= 4 is 0 Å². The van der Waals surface area contributed by atoms with Gasteiger partial charge in [0.2, 0.25) is 0 Å². The first-order chi connectivity index (χ1) is 8.79. The molecule has 2 aromatic rings. The molecule has 18 heavy (non-hydrogen) atoms. The van der Waals surface area contributed by atoms with E-state index in [2.05, 4.69) is 30.4 Å². The number of nitrogens with one attached hydrogen (secondary N) is 1. The molecule has 1 heterocycles. The van der Waals surface area contributed by atoms with E-state index in [1.807, 2.05) is 18.2 Å². The van der Waals surface area contributed by atoms with Crippen molar-refractivity contribution in [3.8, 4) is 5.75 Å². The Hall–Kier alpha value is -1.81. The van der Waals surface area contributed by atoms with E-state index in [9.17, 15) is 0 Å². The molecule has 0 radical (unpaired) electrons. The van der Waals surface area contributed by atoms with E-state index in [4.69, 9.17) is 9.26 Å². The summed E-state index contributed by atoms with van der Waals surface area (Å²) in [6, 6.07) is 10.2. The maximum Gasteiger partial charge on any atom is 0.174 e. The van der Waals surface area contributed by atoms with Gasteiger partial charge in [-0.15, -0.1) is 0 Å². The average Bonchev–Trinajstić information content (AvgIpc) is 2.90. The van der Waals surface area contributed by atoms with Gasteiger partial charge in [0.25, 0.3) is 0 Å². The fraction of sp³-hybridized carbons (Fsp3) is 0.357. The van der Waals surface area contributed by atoms with Gasteiger partial charge < -0.3 is 14.6 Å². The molecular formula is C14H18N2O2. The van der Waals surface area contributed by atoms with Crippen LogP contribution >= 0.6 is 0 Å². The zero-order chi connectivity index (χ0) is 12.8. The summed E-state index contributed by atoms with van der Waals surface area (Å²) >= 11 is 0. The van der Waals surface area contributed by atoms with Gasteiger partial charge in [-0.25, -0.2) is 0 Å². The Morgan fingerprint density at radius 3 is 3.00 bits per heavy atom. The molecule has 1 N–H and O–H groups in total. The molecule has 4 nitrogen and oxygen atoms in total. The smallest absolute Gasteiger partial charge is 0.174 e. The topological polar surface area (TPSA) is 47.3 Å². The standard InChI is InChI=1S/C14H18N2O2/c1-3-15-11(2)12-5-4-6-13(9-12)17-10-14-7-8-16-18-14/h4-9,11,15H,3,10H2,1-2H3. The number of hydrogen-bond acceptors (Lipinski definition) is 4. The van der Waals surface area contributed by atoms with Gasteiger partial charge in [-0.1, -0.05) is 24.2 Å². The van der Waals surface area contributed by atoms with Crippen molar-refractivity contribution in [3.05, 3.63) is 47.9 Å². The summed E-state index contributed by atoms with van der Waals surface area (Å²) in [6.07, 6.45) is 1.61. The van der Waals surface area contributed by atoms with Crippen LogP contribution in [0.1, 0.15) is 31.2 Å². The number of benzene rings is 1. The molecule has 1 unspecified atom stereocenters. The molecule has 0 aliphatic carbocycles. The fourth-order valence-corrected chi connectivity index (χ4v) is 1.77. The average molecular weight is 246 g/mol. The first kappa shape index (κ1) is 12.6. The Balaban J connectivity index is 1.98. The van der Waals surface area contributed by atoms with Crippen LogP contribution in [0.25, 0.3) is 0 Å². The summed E-state index contributed by atoms with van der Waals surface area (Å²) in [5.74, 6) is 1.56. The lowest BCUT2D eigenvalue weighted by Crippen LogP contribution is -2.17. The van der Waals surface area contributed by atoms with Gasteiger partial charge in [-0.2, -0.15) is 0 Å². The van der Waals surface area contributed by atoms with Gasteiger partial charge in [-0.05, 0) is 31.2 Å². The second kappa shape index (κ2) is 6.21. The van der Waals surface area contributed by atoms with Crippen LogP contribution in [0, 0.1) is 0 Å². The molecule has 0 saturated heterocycles. The molecule has 0 aliphatic rings. The first-order valence-corrected chi connectivity index (χ1v) is 6.15. The summed E-state index contributed by atoms with van der Waals surface area (Å²) < 4.78 is 10.6. The minimum atomic E-state index is 0.323. The minimum absolute atomic E-state index is 0.323. The molecular weight excluding hydrogens is 228 g/mol. The second-order valence-corrected chi connectivity index (χ2v) is 4.12. The highest BCUT2D eigenvalue weighted by Crippen LogP contribution is 2.19. The quantitative estimate of drug-likeness (QED) is 0.851. The third-order valence-electron chi connectivity index (χ3n) is 2.74. The molecule has 0 spiro atoms. The van der Waals surface area contributed by atoms with E-state index in [-0.39, 0.29) is 0 Å². The van der Waals surface area contributed by atoms with Gasteiger partial charge >= 0.3 is 0 Å². The van der Waals surface area contributed by atoms with Crippen LogP contribution in [0.15, 0.2) is 41.1 Å². The van der Waals surface area contributed by atoms with E-state index in [1.54, 1.807) is 12.3 Å². The Bertz CT molecular complexity index is 468. The van der Waals surface area contributed by atoms with Crippen LogP contribution in [-0.4, -0.2) is 11.7 Å². The summed E-state index contributed by atoms with van der Waals surface area (Å²) in [7, 11) is 0. The van der Waals surface area contributed by atoms with Gasteiger partial charge in [0.15, 0.2) is 5.76 Å². The van der Waals surface area contributed by atoms with Gasteiger partial charge in [0.05, 0.1) is 6.20 Å². The molecule has 0 aliphatic heterocycles. The van der Waals surface area contributed by atoms with Crippen LogP contribution in [0.3, 0.4) is 0 Å². The Kier molecular flexibility index (Phi) is 4.36. The molecule has 0 fully saturated rings. The normalized spacial score (nSPS) is 12.3. The molecule has 0 amide bonds. The second-order valence-electron chi connectivity index (χ2n) is 4.12. The van der Waals surface area contributed by atoms with E-state index in [0.717, 1.165) is 18.1 Å². The van der Waals surface area contributed by atoms with Crippen LogP contribution in [0.5, 0.6) is 5.75 Å². The van der Waals surface area contributed by atoms with E-state index < -0.39 is 0 Å². The highest BCUT2D eigenvalue weighted by atomic mass is 16.5. The van der Waals surface area contributed by atoms with Crippen molar-refractivity contribution in [1.29, 1.82) is 0 Å². The zero-order valence-corrected chi connectivity index (χ0v) is 10.7. The van der Waals surface area contributed by atoms with Crippen molar-refractivity contribution < 1.29 is 9.26 Å². The largest absolute Gasteiger partial charge is 0.486 e. The van der Waals surface area contributed by atoms with Crippen molar-refractivity contribution in [1.82, 2.24) is 10.5 Å². The SMILES string of the molecule is CCNC(C)c1cccc(OCc2ccno2)c1. The van der Waals surface area contributed by atoms with Crippen LogP contribution in [0.2, 0.25) is 0 Å². The number of ether oxygens (including phenoxy) is 1. The minimum Gasteiger partial charge on any atom is -0.486 e. The van der Waals surface area contributed by atoms with Gasteiger partial charge in [-0.3, -0.25) is 0 Å². The monoisotopic (exact) mass is 246 g/mol. The maximum absolute atomic E-state index is 5.66. The predicted molar refractivity (Wildman–Crippen MR) is 69.4 cm³/mol. The number of hydrogen-bond donors (Lipinski definition) is 1. The fourth-order valence-electron chi connectivity index (χ4n) is 1.77. The highest BCUT2D eigenvalue weighted by Gasteiger charge is 2.05. The maximum atomic E-state index is 5.66. The summed E-state index contributed by atoms with van der Waals surface area (Å²) in [5, 5.41) is 7.01. The van der Waals surface area contributed by atoms with Gasteiger partial charge in [0.1, 0.15) is 12.4 Å². The molecule has 0 bridgehead atoms. The van der Waals surface area contributed by atoms with Crippen LogP contribution in [0.4, 0.5) is 0 Å².